The van der Waals surface area contributed by atoms with Gasteiger partial charge in [0, 0.05) is 12.3 Å². The molecule has 2 atom stereocenters. The van der Waals surface area contributed by atoms with Crippen LogP contribution in [0.3, 0.4) is 0 Å². The molecule has 0 aromatic carbocycles. The average molecular weight is 248 g/mol. The highest BCUT2D eigenvalue weighted by molar-refractivity contribution is 5.93. The molecule has 1 aromatic heterocycles. The van der Waals surface area contributed by atoms with Gasteiger partial charge in [0.15, 0.2) is 0 Å². The number of hydrogen-bond donors (Lipinski definition) is 1. The lowest BCUT2D eigenvalue weighted by Crippen LogP contribution is -2.36. The van der Waals surface area contributed by atoms with Crippen molar-refractivity contribution >= 4 is 11.6 Å². The Hall–Kier alpha value is -1.42. The first-order chi connectivity index (χ1) is 8.58. The second-order valence-electron chi connectivity index (χ2n) is 4.90. The highest BCUT2D eigenvalue weighted by atomic mass is 16.5. The summed E-state index contributed by atoms with van der Waals surface area (Å²) in [5.74, 6) is -0.0181. The van der Waals surface area contributed by atoms with Crippen LogP contribution in [-0.4, -0.2) is 23.6 Å². The largest absolute Gasteiger partial charge is 0.378 e. The Morgan fingerprint density at radius 3 is 2.89 bits per heavy atom. The zero-order valence-electron chi connectivity index (χ0n) is 11.2. The molecule has 1 amide bonds. The molecular formula is C14H20N2O2. The topological polar surface area (TPSA) is 51.2 Å². The number of aromatic nitrogens is 1. The van der Waals surface area contributed by atoms with Gasteiger partial charge in [0.1, 0.15) is 0 Å². The van der Waals surface area contributed by atoms with E-state index in [0.29, 0.717) is 0 Å². The number of ether oxygens (including phenoxy) is 1. The average Bonchev–Trinajstić information content (AvgIpc) is 2.33. The van der Waals surface area contributed by atoms with Crippen LogP contribution in [-0.2, 0) is 9.53 Å². The van der Waals surface area contributed by atoms with Gasteiger partial charge in [-0.1, -0.05) is 0 Å². The molecule has 1 fully saturated rings. The summed E-state index contributed by atoms with van der Waals surface area (Å²) in [7, 11) is 0. The molecule has 1 aromatic rings. The van der Waals surface area contributed by atoms with Gasteiger partial charge < -0.3 is 10.1 Å². The van der Waals surface area contributed by atoms with Crippen molar-refractivity contribution in [3.05, 3.63) is 23.5 Å². The van der Waals surface area contributed by atoms with E-state index in [9.17, 15) is 4.79 Å². The molecule has 1 N–H and O–H groups in total. The standard InChI is InChI=1S/C14H20N2O2/c1-9-6-7-13(10(2)15-9)16-14(17)12-5-4-8-18-11(12)3/h6-7,11-12H,4-5,8H2,1-3H3,(H,16,17). The third kappa shape index (κ3) is 2.88. The zero-order valence-corrected chi connectivity index (χ0v) is 11.2. The van der Waals surface area contributed by atoms with Crippen molar-refractivity contribution in [1.29, 1.82) is 0 Å². The van der Waals surface area contributed by atoms with Crippen LogP contribution < -0.4 is 5.32 Å². The van der Waals surface area contributed by atoms with E-state index in [-0.39, 0.29) is 17.9 Å². The van der Waals surface area contributed by atoms with Crippen molar-refractivity contribution in [3.8, 4) is 0 Å². The summed E-state index contributed by atoms with van der Waals surface area (Å²) in [6.07, 6.45) is 1.84. The van der Waals surface area contributed by atoms with Crippen molar-refractivity contribution in [2.45, 2.75) is 39.7 Å². The third-order valence-corrected chi connectivity index (χ3v) is 3.43. The number of aryl methyl sites for hydroxylation is 2. The molecule has 18 heavy (non-hydrogen) atoms. The van der Waals surface area contributed by atoms with Crippen molar-refractivity contribution in [3.63, 3.8) is 0 Å². The second-order valence-corrected chi connectivity index (χ2v) is 4.90. The van der Waals surface area contributed by atoms with Crippen molar-refractivity contribution in [2.24, 2.45) is 5.92 Å². The fourth-order valence-corrected chi connectivity index (χ4v) is 2.31. The van der Waals surface area contributed by atoms with Crippen LogP contribution >= 0.6 is 0 Å². The van der Waals surface area contributed by atoms with Gasteiger partial charge in [-0.25, -0.2) is 0 Å². The zero-order chi connectivity index (χ0) is 13.1. The van der Waals surface area contributed by atoms with Crippen LogP contribution in [0, 0.1) is 19.8 Å². The van der Waals surface area contributed by atoms with Gasteiger partial charge in [0.25, 0.3) is 0 Å². The third-order valence-electron chi connectivity index (χ3n) is 3.43. The number of amides is 1. The monoisotopic (exact) mass is 248 g/mol. The van der Waals surface area contributed by atoms with Crippen LogP contribution in [0.2, 0.25) is 0 Å². The first-order valence-electron chi connectivity index (χ1n) is 6.44. The normalized spacial score (nSPS) is 23.7. The predicted octanol–water partition coefficient (Wildman–Crippen LogP) is 2.45. The lowest BCUT2D eigenvalue weighted by atomic mass is 9.94. The molecule has 1 aliphatic rings. The maximum atomic E-state index is 12.2. The molecule has 0 bridgehead atoms. The van der Waals surface area contributed by atoms with Crippen LogP contribution in [0.15, 0.2) is 12.1 Å². The quantitative estimate of drug-likeness (QED) is 0.874. The number of carbonyl (C=O) groups is 1. The molecule has 0 radical (unpaired) electrons. The fraction of sp³-hybridized carbons (Fsp3) is 0.571. The summed E-state index contributed by atoms with van der Waals surface area (Å²) in [5.41, 5.74) is 2.61. The number of hydrogen-bond acceptors (Lipinski definition) is 3. The van der Waals surface area contributed by atoms with Crippen molar-refractivity contribution in [2.75, 3.05) is 11.9 Å². The molecule has 1 saturated heterocycles. The van der Waals surface area contributed by atoms with E-state index in [4.69, 9.17) is 4.74 Å². The summed E-state index contributed by atoms with van der Waals surface area (Å²) in [4.78, 5) is 16.5. The summed E-state index contributed by atoms with van der Waals surface area (Å²) in [6, 6.07) is 3.81. The highest BCUT2D eigenvalue weighted by Crippen LogP contribution is 2.23. The van der Waals surface area contributed by atoms with Gasteiger partial charge in [-0.2, -0.15) is 0 Å². The molecule has 2 unspecified atom stereocenters. The van der Waals surface area contributed by atoms with Gasteiger partial charge in [-0.3, -0.25) is 9.78 Å². The minimum atomic E-state index is -0.0561. The minimum absolute atomic E-state index is 0.00235. The molecule has 4 nitrogen and oxygen atoms in total. The van der Waals surface area contributed by atoms with Crippen LogP contribution in [0.4, 0.5) is 5.69 Å². The van der Waals surface area contributed by atoms with Crippen LogP contribution in [0.1, 0.15) is 31.2 Å². The molecule has 2 heterocycles. The maximum absolute atomic E-state index is 12.2. The van der Waals surface area contributed by atoms with Gasteiger partial charge >= 0.3 is 0 Å². The summed E-state index contributed by atoms with van der Waals surface area (Å²) < 4.78 is 5.52. The van der Waals surface area contributed by atoms with E-state index in [2.05, 4.69) is 10.3 Å². The molecule has 98 valence electrons. The number of nitrogens with one attached hydrogen (secondary N) is 1. The lowest BCUT2D eigenvalue weighted by molar-refractivity contribution is -0.127. The molecule has 0 saturated carbocycles. The first-order valence-corrected chi connectivity index (χ1v) is 6.44. The lowest BCUT2D eigenvalue weighted by Gasteiger charge is -2.28. The van der Waals surface area contributed by atoms with Crippen LogP contribution in [0.5, 0.6) is 0 Å². The summed E-state index contributed by atoms with van der Waals surface area (Å²) >= 11 is 0. The Bertz CT molecular complexity index is 445. The van der Waals surface area contributed by atoms with E-state index >= 15 is 0 Å². The SMILES string of the molecule is Cc1ccc(NC(=O)C2CCCOC2C)c(C)n1. The summed E-state index contributed by atoms with van der Waals surface area (Å²) in [6.45, 7) is 6.57. The Morgan fingerprint density at radius 1 is 1.44 bits per heavy atom. The van der Waals surface area contributed by atoms with Crippen molar-refractivity contribution < 1.29 is 9.53 Å². The van der Waals surface area contributed by atoms with Gasteiger partial charge in [0.05, 0.1) is 23.4 Å². The molecule has 1 aliphatic heterocycles. The van der Waals surface area contributed by atoms with E-state index in [1.54, 1.807) is 0 Å². The Kier molecular flexibility index (Phi) is 3.97. The summed E-state index contributed by atoms with van der Waals surface area (Å²) in [5, 5.41) is 2.96. The number of anilines is 1. The number of carbonyl (C=O) groups excluding carboxylic acids is 1. The van der Waals surface area contributed by atoms with E-state index in [1.807, 2.05) is 32.9 Å². The van der Waals surface area contributed by atoms with Gasteiger partial charge in [-0.05, 0) is 45.7 Å². The Morgan fingerprint density at radius 2 is 2.22 bits per heavy atom. The molecule has 0 spiro atoms. The molecule has 4 heteroatoms. The number of rotatable bonds is 2. The van der Waals surface area contributed by atoms with Gasteiger partial charge in [-0.15, -0.1) is 0 Å². The highest BCUT2D eigenvalue weighted by Gasteiger charge is 2.28. The second kappa shape index (κ2) is 5.48. The Labute approximate surface area is 108 Å². The number of pyridine rings is 1. The van der Waals surface area contributed by atoms with E-state index in [0.717, 1.165) is 36.5 Å². The van der Waals surface area contributed by atoms with Crippen LogP contribution in [0.25, 0.3) is 0 Å². The first kappa shape index (κ1) is 13.0. The van der Waals surface area contributed by atoms with Gasteiger partial charge in [0.2, 0.25) is 5.91 Å². The fourth-order valence-electron chi connectivity index (χ4n) is 2.31. The number of nitrogens with zero attached hydrogens (tertiary/aromatic N) is 1. The van der Waals surface area contributed by atoms with Crippen molar-refractivity contribution in [1.82, 2.24) is 4.98 Å². The van der Waals surface area contributed by atoms with E-state index in [1.165, 1.54) is 0 Å². The maximum Gasteiger partial charge on any atom is 0.230 e. The Balaban J connectivity index is 2.06. The minimum Gasteiger partial charge on any atom is -0.378 e. The van der Waals surface area contributed by atoms with E-state index < -0.39 is 0 Å². The molecule has 0 aliphatic carbocycles. The molecule has 2 rings (SSSR count). The predicted molar refractivity (Wildman–Crippen MR) is 70.5 cm³/mol. The smallest absolute Gasteiger partial charge is 0.230 e. The molecular weight excluding hydrogens is 228 g/mol.